The maximum absolute atomic E-state index is 12.9. The molecule has 1 aliphatic heterocycles. The second kappa shape index (κ2) is 8.02. The first kappa shape index (κ1) is 19.9. The summed E-state index contributed by atoms with van der Waals surface area (Å²) in [5.74, 6) is -0.784. The fraction of sp³-hybridized carbons (Fsp3) is 0.286. The van der Waals surface area contributed by atoms with Crippen molar-refractivity contribution in [2.24, 2.45) is 0 Å². The van der Waals surface area contributed by atoms with Gasteiger partial charge in [-0.1, -0.05) is 67.1 Å². The van der Waals surface area contributed by atoms with Crippen LogP contribution < -0.4 is 10.6 Å². The Morgan fingerprint density at radius 1 is 1.14 bits per heavy atom. The van der Waals surface area contributed by atoms with Gasteiger partial charge in [-0.15, -0.1) is 0 Å². The van der Waals surface area contributed by atoms with Gasteiger partial charge in [-0.05, 0) is 24.5 Å². The van der Waals surface area contributed by atoms with Crippen molar-refractivity contribution >= 4 is 29.4 Å². The third kappa shape index (κ3) is 3.87. The molecule has 2 unspecified atom stereocenters. The first-order valence-corrected chi connectivity index (χ1v) is 9.41. The van der Waals surface area contributed by atoms with E-state index in [-0.39, 0.29) is 12.5 Å². The molecule has 1 fully saturated rings. The van der Waals surface area contributed by atoms with Crippen LogP contribution in [0.3, 0.4) is 0 Å². The van der Waals surface area contributed by atoms with Gasteiger partial charge in [-0.3, -0.25) is 14.5 Å². The largest absolute Gasteiger partial charge is 0.354 e. The minimum absolute atomic E-state index is 0.113. The van der Waals surface area contributed by atoms with Crippen LogP contribution in [0.4, 0.5) is 4.79 Å². The maximum Gasteiger partial charge on any atom is 0.325 e. The SMILES string of the molecule is CC(CNC(=O)CN1C(=O)NC(C)(c2ccccc2Cl)C1=O)c1ccccc1. The smallest absolute Gasteiger partial charge is 0.325 e. The second-order valence-electron chi connectivity index (χ2n) is 7.04. The molecule has 2 aromatic rings. The molecule has 6 nitrogen and oxygen atoms in total. The molecule has 1 saturated heterocycles. The fourth-order valence-corrected chi connectivity index (χ4v) is 3.58. The van der Waals surface area contributed by atoms with Gasteiger partial charge in [-0.25, -0.2) is 4.79 Å². The van der Waals surface area contributed by atoms with E-state index in [4.69, 9.17) is 11.6 Å². The number of halogens is 1. The van der Waals surface area contributed by atoms with Crippen LogP contribution in [0, 0.1) is 0 Å². The number of nitrogens with zero attached hydrogens (tertiary/aromatic N) is 1. The van der Waals surface area contributed by atoms with Crippen LogP contribution in [0.1, 0.15) is 30.9 Å². The van der Waals surface area contributed by atoms with Crippen molar-refractivity contribution in [3.05, 3.63) is 70.7 Å². The lowest BCUT2D eigenvalue weighted by atomic mass is 9.92. The highest BCUT2D eigenvalue weighted by Crippen LogP contribution is 2.33. The van der Waals surface area contributed by atoms with Gasteiger partial charge in [0.15, 0.2) is 0 Å². The Kier molecular flexibility index (Phi) is 5.70. The Morgan fingerprint density at radius 3 is 2.46 bits per heavy atom. The summed E-state index contributed by atoms with van der Waals surface area (Å²) >= 11 is 6.20. The molecule has 146 valence electrons. The zero-order valence-corrected chi connectivity index (χ0v) is 16.5. The summed E-state index contributed by atoms with van der Waals surface area (Å²) in [6.45, 7) is 3.65. The van der Waals surface area contributed by atoms with Gasteiger partial charge in [0.1, 0.15) is 12.1 Å². The lowest BCUT2D eigenvalue weighted by molar-refractivity contribution is -0.134. The standard InChI is InChI=1S/C21H22ClN3O3/c1-14(15-8-4-3-5-9-15)12-23-18(26)13-25-19(27)21(2,24-20(25)28)16-10-6-7-11-17(16)22/h3-11,14H,12-13H2,1-2H3,(H,23,26)(H,24,28). The third-order valence-electron chi connectivity index (χ3n) is 4.96. The molecule has 28 heavy (non-hydrogen) atoms. The number of nitrogens with one attached hydrogen (secondary N) is 2. The van der Waals surface area contributed by atoms with Crippen LogP contribution in [0.15, 0.2) is 54.6 Å². The molecule has 7 heteroatoms. The molecule has 3 rings (SSSR count). The van der Waals surface area contributed by atoms with E-state index in [0.29, 0.717) is 17.1 Å². The number of hydrogen-bond donors (Lipinski definition) is 2. The summed E-state index contributed by atoms with van der Waals surface area (Å²) in [6.07, 6.45) is 0. The highest BCUT2D eigenvalue weighted by molar-refractivity contribution is 6.32. The molecule has 2 aromatic carbocycles. The summed E-state index contributed by atoms with van der Waals surface area (Å²) < 4.78 is 0. The monoisotopic (exact) mass is 399 g/mol. The average Bonchev–Trinajstić information content (AvgIpc) is 2.91. The molecule has 0 spiro atoms. The Labute approximate surface area is 168 Å². The maximum atomic E-state index is 12.9. The van der Waals surface area contributed by atoms with Crippen molar-refractivity contribution in [3.63, 3.8) is 0 Å². The Balaban J connectivity index is 1.64. The quantitative estimate of drug-likeness (QED) is 0.733. The van der Waals surface area contributed by atoms with Gasteiger partial charge in [-0.2, -0.15) is 0 Å². The number of amides is 4. The van der Waals surface area contributed by atoms with Gasteiger partial charge in [0.2, 0.25) is 5.91 Å². The van der Waals surface area contributed by atoms with Crippen LogP contribution in [0.25, 0.3) is 0 Å². The van der Waals surface area contributed by atoms with Crippen LogP contribution in [0.5, 0.6) is 0 Å². The van der Waals surface area contributed by atoms with Gasteiger partial charge in [0, 0.05) is 17.1 Å². The molecule has 2 N–H and O–H groups in total. The van der Waals surface area contributed by atoms with E-state index in [1.807, 2.05) is 37.3 Å². The molecule has 0 saturated carbocycles. The van der Waals surface area contributed by atoms with Gasteiger partial charge < -0.3 is 10.6 Å². The van der Waals surface area contributed by atoms with E-state index >= 15 is 0 Å². The first-order valence-electron chi connectivity index (χ1n) is 9.03. The van der Waals surface area contributed by atoms with E-state index in [1.165, 1.54) is 0 Å². The van der Waals surface area contributed by atoms with Crippen molar-refractivity contribution in [3.8, 4) is 0 Å². The predicted molar refractivity (Wildman–Crippen MR) is 107 cm³/mol. The molecule has 0 aromatic heterocycles. The van der Waals surface area contributed by atoms with E-state index in [2.05, 4.69) is 10.6 Å². The molecule has 2 atom stereocenters. The zero-order chi connectivity index (χ0) is 20.3. The summed E-state index contributed by atoms with van der Waals surface area (Å²) in [4.78, 5) is 38.5. The number of benzene rings is 2. The Morgan fingerprint density at radius 2 is 1.79 bits per heavy atom. The zero-order valence-electron chi connectivity index (χ0n) is 15.7. The molecular weight excluding hydrogens is 378 g/mol. The molecule has 1 aliphatic rings. The topological polar surface area (TPSA) is 78.5 Å². The lowest BCUT2D eigenvalue weighted by Gasteiger charge is -2.23. The van der Waals surface area contributed by atoms with E-state index in [1.54, 1.807) is 31.2 Å². The van der Waals surface area contributed by atoms with E-state index in [9.17, 15) is 14.4 Å². The molecule has 4 amide bonds. The summed E-state index contributed by atoms with van der Waals surface area (Å²) in [6, 6.07) is 16.0. The van der Waals surface area contributed by atoms with Crippen molar-refractivity contribution in [2.45, 2.75) is 25.3 Å². The molecular formula is C21H22ClN3O3. The van der Waals surface area contributed by atoms with Crippen LogP contribution >= 0.6 is 11.6 Å². The molecule has 1 heterocycles. The number of carbonyl (C=O) groups excluding carboxylic acids is 3. The van der Waals surface area contributed by atoms with Crippen LogP contribution in [-0.4, -0.2) is 35.8 Å². The van der Waals surface area contributed by atoms with E-state index < -0.39 is 23.4 Å². The molecule has 0 radical (unpaired) electrons. The first-order chi connectivity index (χ1) is 13.3. The van der Waals surface area contributed by atoms with Crippen molar-refractivity contribution in [1.82, 2.24) is 15.5 Å². The predicted octanol–water partition coefficient (Wildman–Crippen LogP) is 3.03. The van der Waals surface area contributed by atoms with Crippen LogP contribution in [-0.2, 0) is 15.1 Å². The second-order valence-corrected chi connectivity index (χ2v) is 7.45. The Bertz CT molecular complexity index is 903. The fourth-order valence-electron chi connectivity index (χ4n) is 3.26. The van der Waals surface area contributed by atoms with Crippen molar-refractivity contribution in [1.29, 1.82) is 0 Å². The highest BCUT2D eigenvalue weighted by Gasteiger charge is 2.50. The van der Waals surface area contributed by atoms with E-state index in [0.717, 1.165) is 10.5 Å². The third-order valence-corrected chi connectivity index (χ3v) is 5.29. The minimum atomic E-state index is -1.30. The number of rotatable bonds is 6. The minimum Gasteiger partial charge on any atom is -0.354 e. The van der Waals surface area contributed by atoms with Crippen molar-refractivity contribution in [2.75, 3.05) is 13.1 Å². The summed E-state index contributed by atoms with van der Waals surface area (Å²) in [5.41, 5.74) is 0.298. The highest BCUT2D eigenvalue weighted by atomic mass is 35.5. The number of hydrogen-bond acceptors (Lipinski definition) is 3. The van der Waals surface area contributed by atoms with Gasteiger partial charge >= 0.3 is 6.03 Å². The van der Waals surface area contributed by atoms with Crippen molar-refractivity contribution < 1.29 is 14.4 Å². The van der Waals surface area contributed by atoms with Crippen LogP contribution in [0.2, 0.25) is 5.02 Å². The summed E-state index contributed by atoms with van der Waals surface area (Å²) in [5, 5.41) is 5.82. The lowest BCUT2D eigenvalue weighted by Crippen LogP contribution is -2.43. The number of imide groups is 1. The average molecular weight is 400 g/mol. The number of urea groups is 1. The summed E-state index contributed by atoms with van der Waals surface area (Å²) in [7, 11) is 0. The normalized spacial score (nSPS) is 20.0. The molecule has 0 bridgehead atoms. The molecule has 0 aliphatic carbocycles. The number of carbonyl (C=O) groups is 3. The van der Waals surface area contributed by atoms with Gasteiger partial charge in [0.05, 0.1) is 0 Å². The Hall–Kier alpha value is -2.86. The van der Waals surface area contributed by atoms with Gasteiger partial charge in [0.25, 0.3) is 5.91 Å².